The summed E-state index contributed by atoms with van der Waals surface area (Å²) in [4.78, 5) is 34.9. The number of hydrogen-bond acceptors (Lipinski definition) is 8. The summed E-state index contributed by atoms with van der Waals surface area (Å²) in [7, 11) is 0. The summed E-state index contributed by atoms with van der Waals surface area (Å²) in [5, 5.41) is 28.2. The van der Waals surface area contributed by atoms with Gasteiger partial charge in [-0.3, -0.25) is 14.6 Å². The lowest BCUT2D eigenvalue weighted by Gasteiger charge is -2.32. The second-order valence-electron chi connectivity index (χ2n) is 7.94. The summed E-state index contributed by atoms with van der Waals surface area (Å²) in [6.45, 7) is 3.56. The number of amides is 1. The minimum absolute atomic E-state index is 0.109. The predicted molar refractivity (Wildman–Crippen MR) is 117 cm³/mol. The Morgan fingerprint density at radius 2 is 1.85 bits per heavy atom. The van der Waals surface area contributed by atoms with Crippen molar-refractivity contribution in [3.05, 3.63) is 64.0 Å². The van der Waals surface area contributed by atoms with Gasteiger partial charge in [0.05, 0.1) is 28.6 Å². The molecule has 11 nitrogen and oxygen atoms in total. The highest BCUT2D eigenvalue weighted by Crippen LogP contribution is 2.25. The van der Waals surface area contributed by atoms with Crippen molar-refractivity contribution >= 4 is 11.9 Å². The number of hydrogen-bond donors (Lipinski definition) is 3. The molecule has 3 heterocycles. The van der Waals surface area contributed by atoms with Crippen LogP contribution in [0.1, 0.15) is 34.5 Å². The zero-order valence-corrected chi connectivity index (χ0v) is 18.0. The van der Waals surface area contributed by atoms with Crippen LogP contribution in [0.5, 0.6) is 5.88 Å². The van der Waals surface area contributed by atoms with Crippen molar-refractivity contribution in [2.24, 2.45) is 5.92 Å². The summed E-state index contributed by atoms with van der Waals surface area (Å²) >= 11 is 0. The smallest absolute Gasteiger partial charge is 0.335 e. The van der Waals surface area contributed by atoms with Crippen LogP contribution in [0.25, 0.3) is 5.69 Å². The number of aromatic nitrogens is 4. The standard InChI is InChI=1S/C22H23N7O4/c1-14-20(31)29(18-4-2-15(10-23)3-5-18)22(32)28(14)13-16-6-8-27(9-7-16)21-24-11-17(12-25-21)19(30)26-33/h2-5,11-12,16,31,33H,6-9,13H2,1H3,(H,26,30). The van der Waals surface area contributed by atoms with Gasteiger partial charge in [-0.25, -0.2) is 24.8 Å². The van der Waals surface area contributed by atoms with E-state index in [-0.39, 0.29) is 23.1 Å². The molecule has 1 fully saturated rings. The van der Waals surface area contributed by atoms with E-state index in [4.69, 9.17) is 10.5 Å². The van der Waals surface area contributed by atoms with Crippen LogP contribution in [0.15, 0.2) is 41.5 Å². The lowest BCUT2D eigenvalue weighted by Crippen LogP contribution is -2.37. The van der Waals surface area contributed by atoms with Crippen molar-refractivity contribution in [1.29, 1.82) is 5.26 Å². The van der Waals surface area contributed by atoms with Crippen molar-refractivity contribution in [2.45, 2.75) is 26.3 Å². The number of hydroxylamine groups is 1. The molecule has 3 N–H and O–H groups in total. The molecule has 1 aliphatic heterocycles. The highest BCUT2D eigenvalue weighted by molar-refractivity contribution is 5.92. The number of benzene rings is 1. The average molecular weight is 449 g/mol. The number of piperidine rings is 1. The van der Waals surface area contributed by atoms with Crippen LogP contribution in [0.2, 0.25) is 0 Å². The fourth-order valence-corrected chi connectivity index (χ4v) is 4.01. The molecule has 2 aromatic heterocycles. The van der Waals surface area contributed by atoms with Crippen LogP contribution in [-0.2, 0) is 6.54 Å². The summed E-state index contributed by atoms with van der Waals surface area (Å²) in [6, 6.07) is 8.52. The Morgan fingerprint density at radius 3 is 2.42 bits per heavy atom. The minimum Gasteiger partial charge on any atom is -0.493 e. The molecule has 0 unspecified atom stereocenters. The highest BCUT2D eigenvalue weighted by Gasteiger charge is 2.25. The Kier molecular flexibility index (Phi) is 6.10. The fourth-order valence-electron chi connectivity index (χ4n) is 4.01. The Bertz CT molecular complexity index is 1250. The van der Waals surface area contributed by atoms with Gasteiger partial charge in [0.25, 0.3) is 5.91 Å². The van der Waals surface area contributed by atoms with E-state index in [0.717, 1.165) is 12.8 Å². The van der Waals surface area contributed by atoms with Crippen LogP contribution in [0.3, 0.4) is 0 Å². The van der Waals surface area contributed by atoms with E-state index in [9.17, 15) is 14.7 Å². The molecule has 0 aliphatic carbocycles. The lowest BCUT2D eigenvalue weighted by molar-refractivity contribution is 0.0705. The number of carbonyl (C=O) groups excluding carboxylic acids is 1. The van der Waals surface area contributed by atoms with Crippen LogP contribution in [0.4, 0.5) is 5.95 Å². The summed E-state index contributed by atoms with van der Waals surface area (Å²) in [6.07, 6.45) is 4.32. The quantitative estimate of drug-likeness (QED) is 0.390. The van der Waals surface area contributed by atoms with Gasteiger partial charge in [-0.2, -0.15) is 5.26 Å². The number of anilines is 1. The molecule has 0 spiro atoms. The lowest BCUT2D eigenvalue weighted by atomic mass is 9.97. The Labute approximate surface area is 189 Å². The first-order valence-electron chi connectivity index (χ1n) is 10.5. The predicted octanol–water partition coefficient (Wildman–Crippen LogP) is 1.35. The summed E-state index contributed by atoms with van der Waals surface area (Å²) in [5.41, 5.74) is 2.86. The van der Waals surface area contributed by atoms with E-state index in [0.29, 0.717) is 42.5 Å². The number of nitrogens with zero attached hydrogens (tertiary/aromatic N) is 6. The molecule has 11 heteroatoms. The normalized spacial score (nSPS) is 14.2. The highest BCUT2D eigenvalue weighted by atomic mass is 16.5. The first-order valence-corrected chi connectivity index (χ1v) is 10.5. The third-order valence-corrected chi connectivity index (χ3v) is 5.96. The third-order valence-electron chi connectivity index (χ3n) is 5.96. The van der Waals surface area contributed by atoms with E-state index in [1.54, 1.807) is 41.2 Å². The van der Waals surface area contributed by atoms with Crippen molar-refractivity contribution < 1.29 is 15.1 Å². The zero-order chi connectivity index (χ0) is 23.5. The van der Waals surface area contributed by atoms with Gasteiger partial charge in [-0.15, -0.1) is 0 Å². The molecular formula is C22H23N7O4. The Hall–Kier alpha value is -4.17. The van der Waals surface area contributed by atoms with Gasteiger partial charge >= 0.3 is 5.69 Å². The number of imidazole rings is 1. The van der Waals surface area contributed by atoms with Crippen molar-refractivity contribution in [2.75, 3.05) is 18.0 Å². The van der Waals surface area contributed by atoms with E-state index in [1.165, 1.54) is 17.0 Å². The van der Waals surface area contributed by atoms with E-state index in [1.807, 2.05) is 11.0 Å². The monoisotopic (exact) mass is 449 g/mol. The van der Waals surface area contributed by atoms with Gasteiger partial charge in [-0.1, -0.05) is 0 Å². The Balaban J connectivity index is 1.45. The van der Waals surface area contributed by atoms with Crippen molar-refractivity contribution in [3.8, 4) is 17.6 Å². The van der Waals surface area contributed by atoms with E-state index < -0.39 is 5.91 Å². The van der Waals surface area contributed by atoms with Gasteiger partial charge in [0.1, 0.15) is 0 Å². The van der Waals surface area contributed by atoms with Gasteiger partial charge < -0.3 is 10.0 Å². The largest absolute Gasteiger partial charge is 0.493 e. The molecule has 1 aromatic carbocycles. The third kappa shape index (κ3) is 4.28. The maximum atomic E-state index is 13.1. The molecule has 3 aromatic rings. The molecule has 0 bridgehead atoms. The number of aromatic hydroxyl groups is 1. The topological polar surface area (TPSA) is 149 Å². The second kappa shape index (κ2) is 9.13. The molecule has 33 heavy (non-hydrogen) atoms. The molecule has 0 radical (unpaired) electrons. The first-order chi connectivity index (χ1) is 15.9. The van der Waals surface area contributed by atoms with Gasteiger partial charge in [0, 0.05) is 32.0 Å². The summed E-state index contributed by atoms with van der Waals surface area (Å²) in [5.74, 6) is -0.0472. The number of nitrogens with one attached hydrogen (secondary N) is 1. The molecule has 4 rings (SSSR count). The zero-order valence-electron chi connectivity index (χ0n) is 18.0. The number of carbonyl (C=O) groups is 1. The first kappa shape index (κ1) is 22.0. The van der Waals surface area contributed by atoms with Crippen molar-refractivity contribution in [3.63, 3.8) is 0 Å². The van der Waals surface area contributed by atoms with Crippen LogP contribution in [-0.4, -0.2) is 48.4 Å². The maximum Gasteiger partial charge on any atom is 0.335 e. The fraction of sp³-hybridized carbons (Fsp3) is 0.318. The molecule has 0 saturated carbocycles. The van der Waals surface area contributed by atoms with Crippen molar-refractivity contribution in [1.82, 2.24) is 24.6 Å². The van der Waals surface area contributed by atoms with Gasteiger partial charge in [-0.05, 0) is 49.9 Å². The molecule has 1 amide bonds. The molecule has 170 valence electrons. The molecular weight excluding hydrogens is 426 g/mol. The van der Waals surface area contributed by atoms with Crippen LogP contribution in [0, 0.1) is 24.2 Å². The minimum atomic E-state index is -0.669. The van der Waals surface area contributed by atoms with Crippen LogP contribution >= 0.6 is 0 Å². The Morgan fingerprint density at radius 1 is 1.21 bits per heavy atom. The number of rotatable bonds is 5. The molecule has 0 atom stereocenters. The second-order valence-corrected chi connectivity index (χ2v) is 7.94. The average Bonchev–Trinajstić information content (AvgIpc) is 3.07. The molecule has 1 saturated heterocycles. The SMILES string of the molecule is Cc1c(O)n(-c2ccc(C#N)cc2)c(=O)n1CC1CCN(c2ncc(C(=O)NO)cn2)CC1. The maximum absolute atomic E-state index is 13.1. The summed E-state index contributed by atoms with van der Waals surface area (Å²) < 4.78 is 2.84. The van der Waals surface area contributed by atoms with E-state index >= 15 is 0 Å². The molecule has 1 aliphatic rings. The van der Waals surface area contributed by atoms with Gasteiger partial charge in [0.15, 0.2) is 0 Å². The van der Waals surface area contributed by atoms with Crippen LogP contribution < -0.4 is 16.1 Å². The van der Waals surface area contributed by atoms with Gasteiger partial charge in [0.2, 0.25) is 11.8 Å². The van der Waals surface area contributed by atoms with E-state index in [2.05, 4.69) is 9.97 Å². The number of nitriles is 1.